The van der Waals surface area contributed by atoms with Gasteiger partial charge in [0.25, 0.3) is 0 Å². The predicted octanol–water partition coefficient (Wildman–Crippen LogP) is 7.71. The van der Waals surface area contributed by atoms with Gasteiger partial charge in [-0.25, -0.2) is 0 Å². The van der Waals surface area contributed by atoms with Gasteiger partial charge in [-0.2, -0.15) is 0 Å². The molecule has 188 valence electrons. The Morgan fingerprint density at radius 1 is 0.667 bits per heavy atom. The molecule has 2 heterocycles. The molecule has 0 bridgehead atoms. The minimum atomic E-state index is 0. The zero-order chi connectivity index (χ0) is 19.2. The SMILES string of the molecule is Br.Br.Br.Br.Cc1c(C)c(N=Cc2ccccn2)c(C)c(C)c1N=CCc1ccccn1.[Pd].[Pd]. The van der Waals surface area contributed by atoms with Gasteiger partial charge in [0.15, 0.2) is 0 Å². The molecule has 1 aromatic carbocycles. The number of hydrogen-bond acceptors (Lipinski definition) is 4. The Morgan fingerprint density at radius 2 is 1.15 bits per heavy atom. The molecule has 3 rings (SSSR count). The van der Waals surface area contributed by atoms with E-state index in [1.165, 1.54) is 0 Å². The Hall–Kier alpha value is 0.105. The van der Waals surface area contributed by atoms with Crippen LogP contribution in [-0.2, 0) is 47.3 Å². The van der Waals surface area contributed by atoms with Gasteiger partial charge in [0.2, 0.25) is 0 Å². The Kier molecular flexibility index (Phi) is 24.8. The van der Waals surface area contributed by atoms with Crippen LogP contribution in [0.25, 0.3) is 0 Å². The van der Waals surface area contributed by atoms with Crippen molar-refractivity contribution in [2.45, 2.75) is 34.1 Å². The number of aliphatic imine (C=N–C) groups is 2. The van der Waals surface area contributed by atoms with Crippen molar-refractivity contribution in [2.24, 2.45) is 9.98 Å². The number of benzene rings is 1. The van der Waals surface area contributed by atoms with Gasteiger partial charge >= 0.3 is 0 Å². The smallest absolute Gasteiger partial charge is 0.0812 e. The first kappa shape index (κ1) is 40.3. The molecule has 10 heteroatoms. The summed E-state index contributed by atoms with van der Waals surface area (Å²) in [6.07, 6.45) is 8.06. The summed E-state index contributed by atoms with van der Waals surface area (Å²) in [6, 6.07) is 11.7. The topological polar surface area (TPSA) is 50.5 Å². The van der Waals surface area contributed by atoms with E-state index in [-0.39, 0.29) is 109 Å². The van der Waals surface area contributed by atoms with Crippen molar-refractivity contribution < 1.29 is 40.8 Å². The Morgan fingerprint density at radius 3 is 1.61 bits per heavy atom. The Labute approximate surface area is 266 Å². The second-order valence-corrected chi connectivity index (χ2v) is 6.55. The van der Waals surface area contributed by atoms with Crippen LogP contribution in [0.15, 0.2) is 58.8 Å². The number of aromatic nitrogens is 2. The zero-order valence-electron chi connectivity index (χ0n) is 18.5. The summed E-state index contributed by atoms with van der Waals surface area (Å²) in [5, 5.41) is 0. The van der Waals surface area contributed by atoms with Crippen molar-refractivity contribution in [3.05, 3.63) is 82.4 Å². The second-order valence-electron chi connectivity index (χ2n) is 6.55. The summed E-state index contributed by atoms with van der Waals surface area (Å²) in [5.74, 6) is 0. The third-order valence-corrected chi connectivity index (χ3v) is 4.81. The zero-order valence-corrected chi connectivity index (χ0v) is 28.5. The molecule has 0 spiro atoms. The van der Waals surface area contributed by atoms with Crippen LogP contribution in [0.2, 0.25) is 0 Å². The fourth-order valence-electron chi connectivity index (χ4n) is 2.99. The number of hydrogen-bond donors (Lipinski definition) is 0. The molecule has 33 heavy (non-hydrogen) atoms. The fourth-order valence-corrected chi connectivity index (χ4v) is 2.99. The van der Waals surface area contributed by atoms with Gasteiger partial charge < -0.3 is 0 Å². The third kappa shape index (κ3) is 11.1. The standard InChI is InChI=1S/C23H24N4.4BrH.2Pd/c1-16-18(3)23(27-15-21-10-6-8-13-25-21)19(4)17(2)22(16)26-14-11-20-9-5-7-12-24-20;;;;;;/h5-10,12-15H,11H2,1-4H3;4*1H;;. The summed E-state index contributed by atoms with van der Waals surface area (Å²) in [4.78, 5) is 18.1. The van der Waals surface area contributed by atoms with E-state index in [2.05, 4.69) is 37.7 Å². The minimum Gasteiger partial charge on any atom is -0.261 e. The molecule has 0 atom stereocenters. The molecule has 0 radical (unpaired) electrons. The van der Waals surface area contributed by atoms with Gasteiger partial charge in [-0.1, -0.05) is 12.1 Å². The van der Waals surface area contributed by atoms with Crippen molar-refractivity contribution >= 4 is 91.7 Å². The molecule has 0 aliphatic heterocycles. The molecular weight excluding hydrogens is 865 g/mol. The maximum absolute atomic E-state index is 4.75. The van der Waals surface area contributed by atoms with Crippen LogP contribution in [0.5, 0.6) is 0 Å². The van der Waals surface area contributed by atoms with Crippen LogP contribution in [-0.4, -0.2) is 22.4 Å². The van der Waals surface area contributed by atoms with Crippen molar-refractivity contribution in [2.75, 3.05) is 0 Å². The van der Waals surface area contributed by atoms with E-state index in [1.54, 1.807) is 6.20 Å². The second kappa shape index (κ2) is 20.3. The van der Waals surface area contributed by atoms with Crippen LogP contribution in [0.1, 0.15) is 33.6 Å². The quantitative estimate of drug-likeness (QED) is 0.195. The van der Waals surface area contributed by atoms with E-state index in [9.17, 15) is 0 Å². The first-order valence-corrected chi connectivity index (χ1v) is 9.06. The van der Waals surface area contributed by atoms with Crippen LogP contribution in [0, 0.1) is 27.7 Å². The van der Waals surface area contributed by atoms with Crippen molar-refractivity contribution in [3.63, 3.8) is 0 Å². The molecule has 3 aromatic rings. The third-order valence-electron chi connectivity index (χ3n) is 4.81. The Balaban J connectivity index is -0.000000701. The van der Waals surface area contributed by atoms with Gasteiger partial charge in [0, 0.05) is 71.6 Å². The minimum absolute atomic E-state index is 0. The molecule has 0 fully saturated rings. The maximum Gasteiger partial charge on any atom is 0.0812 e. The molecule has 0 saturated carbocycles. The van der Waals surface area contributed by atoms with Crippen LogP contribution in [0.4, 0.5) is 11.4 Å². The molecule has 0 unspecified atom stereocenters. The Bertz CT molecular complexity index is 973. The summed E-state index contributed by atoms with van der Waals surface area (Å²) < 4.78 is 0. The van der Waals surface area contributed by atoms with E-state index >= 15 is 0 Å². The van der Waals surface area contributed by atoms with Crippen molar-refractivity contribution in [1.29, 1.82) is 0 Å². The van der Waals surface area contributed by atoms with E-state index in [1.807, 2.05) is 55.0 Å². The number of rotatable bonds is 5. The first-order chi connectivity index (χ1) is 13.1. The molecule has 0 amide bonds. The van der Waals surface area contributed by atoms with Gasteiger partial charge in [-0.3, -0.25) is 20.0 Å². The average Bonchev–Trinajstić information content (AvgIpc) is 2.70. The molecule has 0 N–H and O–H groups in total. The summed E-state index contributed by atoms with van der Waals surface area (Å²) in [5.41, 5.74) is 8.50. The van der Waals surface area contributed by atoms with Gasteiger partial charge in [0.1, 0.15) is 0 Å². The summed E-state index contributed by atoms with van der Waals surface area (Å²) >= 11 is 0. The molecule has 2 aromatic heterocycles. The molecule has 4 nitrogen and oxygen atoms in total. The fraction of sp³-hybridized carbons (Fsp3) is 0.217. The summed E-state index contributed by atoms with van der Waals surface area (Å²) in [6.45, 7) is 8.42. The number of nitrogens with zero attached hydrogens (tertiary/aromatic N) is 4. The van der Waals surface area contributed by atoms with Crippen molar-refractivity contribution in [1.82, 2.24) is 9.97 Å². The molecular formula is C23H28Br4N4Pd2. The van der Waals surface area contributed by atoms with E-state index in [0.717, 1.165) is 51.4 Å². The molecule has 0 saturated heterocycles. The average molecular weight is 893 g/mol. The van der Waals surface area contributed by atoms with Crippen LogP contribution in [0.3, 0.4) is 0 Å². The maximum atomic E-state index is 4.75. The van der Waals surface area contributed by atoms with Crippen molar-refractivity contribution in [3.8, 4) is 0 Å². The van der Waals surface area contributed by atoms with E-state index in [0.29, 0.717) is 0 Å². The predicted molar refractivity (Wildman–Crippen MR) is 154 cm³/mol. The molecule has 0 aliphatic rings. The first-order valence-electron chi connectivity index (χ1n) is 9.06. The number of halogens is 4. The van der Waals surface area contributed by atoms with E-state index < -0.39 is 0 Å². The van der Waals surface area contributed by atoms with Gasteiger partial charge in [-0.15, -0.1) is 67.9 Å². The van der Waals surface area contributed by atoms with E-state index in [4.69, 9.17) is 9.98 Å². The van der Waals surface area contributed by atoms with Gasteiger partial charge in [-0.05, 0) is 74.2 Å². The normalized spacial score (nSPS) is 9.45. The monoisotopic (exact) mass is 888 g/mol. The largest absolute Gasteiger partial charge is 0.261 e. The van der Waals surface area contributed by atoms with Gasteiger partial charge in [0.05, 0.1) is 23.3 Å². The summed E-state index contributed by atoms with van der Waals surface area (Å²) in [7, 11) is 0. The molecule has 0 aliphatic carbocycles. The number of pyridine rings is 2. The van der Waals surface area contributed by atoms with Crippen LogP contribution >= 0.6 is 67.9 Å². The van der Waals surface area contributed by atoms with Crippen LogP contribution < -0.4 is 0 Å².